The van der Waals surface area contributed by atoms with Crippen LogP contribution >= 0.6 is 0 Å². The minimum Gasteiger partial charge on any atom is -0.371 e. The van der Waals surface area contributed by atoms with Gasteiger partial charge >= 0.3 is 0 Å². The molecule has 4 heteroatoms. The van der Waals surface area contributed by atoms with Gasteiger partial charge in [-0.05, 0) is 50.2 Å². The molecule has 0 saturated carbocycles. The van der Waals surface area contributed by atoms with E-state index in [9.17, 15) is 4.39 Å². The Morgan fingerprint density at radius 1 is 1.38 bits per heavy atom. The molecule has 21 heavy (non-hydrogen) atoms. The lowest BCUT2D eigenvalue weighted by molar-refractivity contribution is 0.270. The summed E-state index contributed by atoms with van der Waals surface area (Å²) < 4.78 is 14.3. The molecule has 1 atom stereocenters. The number of benzene rings is 1. The first-order valence-corrected chi connectivity index (χ1v) is 8.10. The van der Waals surface area contributed by atoms with E-state index in [4.69, 9.17) is 0 Å². The maximum Gasteiger partial charge on any atom is 0.146 e. The summed E-state index contributed by atoms with van der Waals surface area (Å²) in [6, 6.07) is 6.14. The zero-order chi connectivity index (χ0) is 15.2. The maximum atomic E-state index is 14.3. The molecule has 0 aromatic heterocycles. The molecule has 1 aromatic rings. The molecular weight excluding hydrogens is 265 g/mol. The standard InChI is InChI=1S/C17H28FN3/c1-4-19-12-14-8-9-17(16(18)11-14)20(3)13-15-7-6-10-21(15)5-2/h8-9,11,15,19H,4-7,10,12-13H2,1-3H3. The average Bonchev–Trinajstić information content (AvgIpc) is 2.92. The second kappa shape index (κ2) is 7.76. The first-order chi connectivity index (χ1) is 10.2. The fourth-order valence-electron chi connectivity index (χ4n) is 3.17. The number of hydrogen-bond acceptors (Lipinski definition) is 3. The molecular formula is C17H28FN3. The smallest absolute Gasteiger partial charge is 0.146 e. The van der Waals surface area contributed by atoms with Crippen LogP contribution in [0.4, 0.5) is 10.1 Å². The van der Waals surface area contributed by atoms with Gasteiger partial charge in [-0.1, -0.05) is 19.9 Å². The van der Waals surface area contributed by atoms with E-state index in [0.29, 0.717) is 11.7 Å². The first kappa shape index (κ1) is 16.2. The monoisotopic (exact) mass is 293 g/mol. The van der Waals surface area contributed by atoms with Crippen LogP contribution in [0.1, 0.15) is 32.3 Å². The van der Waals surface area contributed by atoms with E-state index in [1.165, 1.54) is 19.4 Å². The molecule has 118 valence electrons. The molecule has 1 saturated heterocycles. The average molecular weight is 293 g/mol. The predicted octanol–water partition coefficient (Wildman–Crippen LogP) is 2.86. The fraction of sp³-hybridized carbons (Fsp3) is 0.647. The highest BCUT2D eigenvalue weighted by atomic mass is 19.1. The third kappa shape index (κ3) is 4.17. The number of anilines is 1. The number of nitrogens with zero attached hydrogens (tertiary/aromatic N) is 2. The topological polar surface area (TPSA) is 18.5 Å². The quantitative estimate of drug-likeness (QED) is 0.834. The largest absolute Gasteiger partial charge is 0.371 e. The van der Waals surface area contributed by atoms with Gasteiger partial charge < -0.3 is 10.2 Å². The van der Waals surface area contributed by atoms with E-state index in [0.717, 1.165) is 31.7 Å². The van der Waals surface area contributed by atoms with Crippen LogP contribution in [0.15, 0.2) is 18.2 Å². The van der Waals surface area contributed by atoms with Crippen molar-refractivity contribution in [1.82, 2.24) is 10.2 Å². The summed E-state index contributed by atoms with van der Waals surface area (Å²) in [4.78, 5) is 4.55. The molecule has 0 bridgehead atoms. The number of hydrogen-bond donors (Lipinski definition) is 1. The van der Waals surface area contributed by atoms with Crippen molar-refractivity contribution in [3.63, 3.8) is 0 Å². The van der Waals surface area contributed by atoms with Gasteiger partial charge in [0.15, 0.2) is 0 Å². The van der Waals surface area contributed by atoms with Gasteiger partial charge in [0.25, 0.3) is 0 Å². The molecule has 1 aromatic carbocycles. The highest BCUT2D eigenvalue weighted by Gasteiger charge is 2.24. The van der Waals surface area contributed by atoms with E-state index in [2.05, 4.69) is 29.0 Å². The summed E-state index contributed by atoms with van der Waals surface area (Å²) in [5.74, 6) is -0.117. The molecule has 1 unspecified atom stereocenters. The van der Waals surface area contributed by atoms with Crippen molar-refractivity contribution < 1.29 is 4.39 Å². The van der Waals surface area contributed by atoms with Gasteiger partial charge in [-0.15, -0.1) is 0 Å². The Labute approximate surface area is 128 Å². The van der Waals surface area contributed by atoms with Gasteiger partial charge in [-0.3, -0.25) is 4.90 Å². The van der Waals surface area contributed by atoms with Gasteiger partial charge in [0.2, 0.25) is 0 Å². The molecule has 1 N–H and O–H groups in total. The van der Waals surface area contributed by atoms with Crippen molar-refractivity contribution in [3.05, 3.63) is 29.6 Å². The number of rotatable bonds is 7. The lowest BCUT2D eigenvalue weighted by Crippen LogP contribution is -2.39. The number of halogens is 1. The molecule has 0 aliphatic carbocycles. The third-order valence-electron chi connectivity index (χ3n) is 4.39. The van der Waals surface area contributed by atoms with E-state index in [-0.39, 0.29) is 5.82 Å². The third-order valence-corrected chi connectivity index (χ3v) is 4.39. The van der Waals surface area contributed by atoms with Crippen LogP contribution in [0.2, 0.25) is 0 Å². The molecule has 0 radical (unpaired) electrons. The van der Waals surface area contributed by atoms with Gasteiger partial charge in [-0.25, -0.2) is 4.39 Å². The highest BCUT2D eigenvalue weighted by molar-refractivity contribution is 5.48. The van der Waals surface area contributed by atoms with Gasteiger partial charge in [0.05, 0.1) is 5.69 Å². The molecule has 0 amide bonds. The molecule has 1 fully saturated rings. The minimum absolute atomic E-state index is 0.117. The summed E-state index contributed by atoms with van der Waals surface area (Å²) in [7, 11) is 1.99. The zero-order valence-corrected chi connectivity index (χ0v) is 13.5. The molecule has 1 aliphatic heterocycles. The van der Waals surface area contributed by atoms with E-state index < -0.39 is 0 Å². The lowest BCUT2D eigenvalue weighted by Gasteiger charge is -2.29. The van der Waals surface area contributed by atoms with Crippen LogP contribution in [0, 0.1) is 5.82 Å². The predicted molar refractivity (Wildman–Crippen MR) is 87.3 cm³/mol. The Kier molecular flexibility index (Phi) is 6.00. The molecule has 1 heterocycles. The Balaban J connectivity index is 2.00. The summed E-state index contributed by atoms with van der Waals surface area (Å²) in [5.41, 5.74) is 1.71. The van der Waals surface area contributed by atoms with Gasteiger partial charge in [0.1, 0.15) is 5.82 Å². The second-order valence-corrected chi connectivity index (χ2v) is 5.87. The Morgan fingerprint density at radius 3 is 2.86 bits per heavy atom. The van der Waals surface area contributed by atoms with E-state index in [1.54, 1.807) is 6.07 Å². The van der Waals surface area contributed by atoms with Crippen molar-refractivity contribution in [2.45, 2.75) is 39.3 Å². The second-order valence-electron chi connectivity index (χ2n) is 5.87. The molecule has 3 nitrogen and oxygen atoms in total. The van der Waals surface area contributed by atoms with Crippen LogP contribution in [-0.2, 0) is 6.54 Å². The van der Waals surface area contributed by atoms with E-state index >= 15 is 0 Å². The zero-order valence-electron chi connectivity index (χ0n) is 13.5. The van der Waals surface area contributed by atoms with Crippen LogP contribution in [-0.4, -0.2) is 44.2 Å². The first-order valence-electron chi connectivity index (χ1n) is 8.10. The fourth-order valence-corrected chi connectivity index (χ4v) is 3.17. The number of likely N-dealkylation sites (N-methyl/N-ethyl adjacent to an activating group) is 2. The highest BCUT2D eigenvalue weighted by Crippen LogP contribution is 2.23. The van der Waals surface area contributed by atoms with Crippen molar-refractivity contribution in [1.29, 1.82) is 0 Å². The number of likely N-dealkylation sites (tertiary alicyclic amines) is 1. The molecule has 1 aliphatic rings. The van der Waals surface area contributed by atoms with Gasteiger partial charge in [-0.2, -0.15) is 0 Å². The van der Waals surface area contributed by atoms with Crippen LogP contribution in [0.25, 0.3) is 0 Å². The van der Waals surface area contributed by atoms with Crippen molar-refractivity contribution >= 4 is 5.69 Å². The lowest BCUT2D eigenvalue weighted by atomic mass is 10.1. The van der Waals surface area contributed by atoms with E-state index in [1.807, 2.05) is 19.2 Å². The van der Waals surface area contributed by atoms with Crippen molar-refractivity contribution in [2.75, 3.05) is 38.1 Å². The summed E-state index contributed by atoms with van der Waals surface area (Å²) >= 11 is 0. The van der Waals surface area contributed by atoms with Crippen LogP contribution in [0.3, 0.4) is 0 Å². The van der Waals surface area contributed by atoms with Gasteiger partial charge in [0, 0.05) is 26.2 Å². The Bertz CT molecular complexity index is 450. The van der Waals surface area contributed by atoms with Crippen molar-refractivity contribution in [3.8, 4) is 0 Å². The Morgan fingerprint density at radius 2 is 2.19 bits per heavy atom. The molecule has 2 rings (SSSR count). The summed E-state index contributed by atoms with van der Waals surface area (Å²) in [5, 5.41) is 3.23. The maximum absolute atomic E-state index is 14.3. The number of nitrogens with one attached hydrogen (secondary N) is 1. The van der Waals surface area contributed by atoms with Crippen molar-refractivity contribution in [2.24, 2.45) is 0 Å². The summed E-state index contributed by atoms with van der Waals surface area (Å²) in [6.07, 6.45) is 2.48. The van der Waals surface area contributed by atoms with Crippen LogP contribution in [0.5, 0.6) is 0 Å². The van der Waals surface area contributed by atoms with Crippen LogP contribution < -0.4 is 10.2 Å². The normalized spacial score (nSPS) is 19.1. The summed E-state index contributed by atoms with van der Waals surface area (Å²) in [6.45, 7) is 9.05. The molecule has 0 spiro atoms. The Hall–Kier alpha value is -1.13. The minimum atomic E-state index is -0.117. The SMILES string of the molecule is CCNCc1ccc(N(C)CC2CCCN2CC)c(F)c1.